The number of hydrogen-bond donors (Lipinski definition) is 3. The van der Waals surface area contributed by atoms with Gasteiger partial charge in [-0.1, -0.05) is 41.4 Å². The lowest BCUT2D eigenvalue weighted by atomic mass is 10.0. The molecule has 3 aromatic rings. The number of fused-ring (bicyclic) bond motifs is 1. The number of hydrogen-bond acceptors (Lipinski definition) is 3. The molecule has 0 fully saturated rings. The van der Waals surface area contributed by atoms with Gasteiger partial charge in [0, 0.05) is 30.1 Å². The Kier molecular flexibility index (Phi) is 6.50. The van der Waals surface area contributed by atoms with Crippen molar-refractivity contribution < 1.29 is 14.6 Å². The predicted molar refractivity (Wildman–Crippen MR) is 112 cm³/mol. The Labute approximate surface area is 173 Å². The smallest absolute Gasteiger partial charge is 0.321 e. The van der Waals surface area contributed by atoms with Crippen LogP contribution in [0.5, 0.6) is 5.75 Å². The number of aromatic amines is 1. The molecule has 1 aromatic heterocycles. The molecule has 1 atom stereocenters. The van der Waals surface area contributed by atoms with E-state index >= 15 is 0 Å². The Balaban J connectivity index is 1.73. The summed E-state index contributed by atoms with van der Waals surface area (Å²) in [7, 11) is 0. The molecule has 148 valence electrons. The molecule has 3 rings (SSSR count). The molecule has 0 saturated carbocycles. The molecule has 0 radical (unpaired) electrons. The second-order valence-corrected chi connectivity index (χ2v) is 7.70. The van der Waals surface area contributed by atoms with E-state index in [2.05, 4.69) is 10.3 Å². The van der Waals surface area contributed by atoms with E-state index < -0.39 is 12.0 Å². The summed E-state index contributed by atoms with van der Waals surface area (Å²) >= 11 is 12.6. The zero-order valence-electron chi connectivity index (χ0n) is 15.6. The van der Waals surface area contributed by atoms with Gasteiger partial charge >= 0.3 is 5.97 Å². The first-order valence-electron chi connectivity index (χ1n) is 9.01. The fourth-order valence-electron chi connectivity index (χ4n) is 3.07. The summed E-state index contributed by atoms with van der Waals surface area (Å²) in [5.74, 6) is -0.474. The average molecular weight is 421 g/mol. The maximum Gasteiger partial charge on any atom is 0.321 e. The summed E-state index contributed by atoms with van der Waals surface area (Å²) in [4.78, 5) is 14.9. The Hall–Kier alpha value is -2.21. The Morgan fingerprint density at radius 1 is 1.21 bits per heavy atom. The van der Waals surface area contributed by atoms with Crippen molar-refractivity contribution in [2.75, 3.05) is 0 Å². The lowest BCUT2D eigenvalue weighted by Crippen LogP contribution is -2.38. The minimum Gasteiger partial charge on any atom is -0.488 e. The molecule has 0 amide bonds. The minimum atomic E-state index is -0.915. The molecule has 0 bridgehead atoms. The molecule has 7 heteroatoms. The van der Waals surface area contributed by atoms with Crippen molar-refractivity contribution in [1.29, 1.82) is 0 Å². The third-order valence-corrected chi connectivity index (χ3v) is 4.92. The topological polar surface area (TPSA) is 74.3 Å². The van der Waals surface area contributed by atoms with E-state index in [4.69, 9.17) is 27.9 Å². The van der Waals surface area contributed by atoms with Gasteiger partial charge in [0.05, 0.1) is 16.1 Å². The number of carboxylic acids is 1. The second-order valence-electron chi connectivity index (χ2n) is 6.89. The molecule has 0 aliphatic heterocycles. The number of H-pyrrole nitrogens is 1. The monoisotopic (exact) mass is 420 g/mol. The summed E-state index contributed by atoms with van der Waals surface area (Å²) in [5, 5.41) is 14.5. The number of para-hydroxylation sites is 1. The maximum atomic E-state index is 11.7. The summed E-state index contributed by atoms with van der Waals surface area (Å²) in [6.45, 7) is 4.11. The minimum absolute atomic E-state index is 0.0495. The highest BCUT2D eigenvalue weighted by atomic mass is 35.5. The molecule has 0 unspecified atom stereocenters. The lowest BCUT2D eigenvalue weighted by Gasteiger charge is -2.17. The quantitative estimate of drug-likeness (QED) is 0.476. The fourth-order valence-corrected chi connectivity index (χ4v) is 3.69. The van der Waals surface area contributed by atoms with Gasteiger partial charge in [-0.2, -0.15) is 0 Å². The highest BCUT2D eigenvalue weighted by Gasteiger charge is 2.20. The van der Waals surface area contributed by atoms with E-state index in [9.17, 15) is 9.90 Å². The van der Waals surface area contributed by atoms with Crippen LogP contribution in [0.4, 0.5) is 0 Å². The van der Waals surface area contributed by atoms with Crippen molar-refractivity contribution in [1.82, 2.24) is 10.3 Å². The molecule has 0 aliphatic carbocycles. The number of halogens is 2. The molecule has 28 heavy (non-hydrogen) atoms. The van der Waals surface area contributed by atoms with Crippen molar-refractivity contribution in [2.45, 2.75) is 39.0 Å². The van der Waals surface area contributed by atoms with Crippen LogP contribution in [0.3, 0.4) is 0 Å². The van der Waals surface area contributed by atoms with Crippen LogP contribution in [0.25, 0.3) is 10.9 Å². The van der Waals surface area contributed by atoms with Crippen LogP contribution in [0, 0.1) is 0 Å². The maximum absolute atomic E-state index is 11.7. The Morgan fingerprint density at radius 3 is 2.54 bits per heavy atom. The number of benzene rings is 2. The third kappa shape index (κ3) is 4.79. The average Bonchev–Trinajstić information content (AvgIpc) is 3.04. The first kappa shape index (κ1) is 20.5. The standard InChI is InChI=1S/C21H22Cl2N2O3/c1-12(2)28-20-16(22)7-13(8-17(20)23)10-24-19(21(26)27)9-14-11-25-18-6-4-3-5-15(14)18/h3-8,11-12,19,24-25H,9-10H2,1-2H3,(H,26,27)/t19-/m0/s1. The van der Waals surface area contributed by atoms with Gasteiger partial charge in [0.25, 0.3) is 0 Å². The van der Waals surface area contributed by atoms with Crippen LogP contribution < -0.4 is 10.1 Å². The lowest BCUT2D eigenvalue weighted by molar-refractivity contribution is -0.139. The molecule has 0 saturated heterocycles. The van der Waals surface area contributed by atoms with Crippen LogP contribution in [0.1, 0.15) is 25.0 Å². The van der Waals surface area contributed by atoms with Gasteiger partial charge in [-0.3, -0.25) is 4.79 Å². The van der Waals surface area contributed by atoms with Crippen molar-refractivity contribution in [3.8, 4) is 5.75 Å². The van der Waals surface area contributed by atoms with Gasteiger partial charge in [0.2, 0.25) is 0 Å². The van der Waals surface area contributed by atoms with E-state index in [1.165, 1.54) is 0 Å². The summed E-state index contributed by atoms with van der Waals surface area (Å²) in [6, 6.07) is 10.6. The normalized spacial score (nSPS) is 12.5. The number of ether oxygens (including phenoxy) is 1. The van der Waals surface area contributed by atoms with Gasteiger partial charge in [0.1, 0.15) is 6.04 Å². The Morgan fingerprint density at radius 2 is 1.89 bits per heavy atom. The van der Waals surface area contributed by atoms with E-state index in [0.29, 0.717) is 28.8 Å². The van der Waals surface area contributed by atoms with Gasteiger partial charge < -0.3 is 20.1 Å². The zero-order valence-corrected chi connectivity index (χ0v) is 17.1. The number of nitrogens with one attached hydrogen (secondary N) is 2. The van der Waals surface area contributed by atoms with Crippen LogP contribution >= 0.6 is 23.2 Å². The predicted octanol–water partition coefficient (Wildman–Crippen LogP) is 5.05. The van der Waals surface area contributed by atoms with E-state index in [-0.39, 0.29) is 6.10 Å². The zero-order chi connectivity index (χ0) is 20.3. The third-order valence-electron chi connectivity index (χ3n) is 4.36. The summed E-state index contributed by atoms with van der Waals surface area (Å²) in [6.07, 6.45) is 2.16. The number of carbonyl (C=O) groups is 1. The van der Waals surface area contributed by atoms with Crippen LogP contribution in [-0.4, -0.2) is 28.2 Å². The molecule has 5 nitrogen and oxygen atoms in total. The first-order chi connectivity index (χ1) is 13.3. The van der Waals surface area contributed by atoms with E-state index in [0.717, 1.165) is 22.0 Å². The molecule has 1 heterocycles. The fraction of sp³-hybridized carbons (Fsp3) is 0.286. The van der Waals surface area contributed by atoms with E-state index in [1.807, 2.05) is 44.3 Å². The largest absolute Gasteiger partial charge is 0.488 e. The van der Waals surface area contributed by atoms with Gasteiger partial charge in [-0.25, -0.2) is 0 Å². The molecule has 2 aromatic carbocycles. The van der Waals surface area contributed by atoms with E-state index in [1.54, 1.807) is 12.1 Å². The number of rotatable bonds is 8. The number of carboxylic acid groups (broad SMARTS) is 1. The van der Waals surface area contributed by atoms with Crippen LogP contribution in [-0.2, 0) is 17.8 Å². The van der Waals surface area contributed by atoms with Gasteiger partial charge in [-0.05, 0) is 43.2 Å². The summed E-state index contributed by atoms with van der Waals surface area (Å²) in [5.41, 5.74) is 2.73. The molecule has 0 spiro atoms. The molecular weight excluding hydrogens is 399 g/mol. The van der Waals surface area contributed by atoms with Crippen molar-refractivity contribution in [2.24, 2.45) is 0 Å². The van der Waals surface area contributed by atoms with Gasteiger partial charge in [-0.15, -0.1) is 0 Å². The number of aliphatic carboxylic acids is 1. The second kappa shape index (κ2) is 8.86. The molecular formula is C21H22Cl2N2O3. The highest BCUT2D eigenvalue weighted by molar-refractivity contribution is 6.37. The van der Waals surface area contributed by atoms with Crippen molar-refractivity contribution in [3.63, 3.8) is 0 Å². The molecule has 0 aliphatic rings. The number of aromatic nitrogens is 1. The van der Waals surface area contributed by atoms with Crippen LogP contribution in [0.2, 0.25) is 10.0 Å². The van der Waals surface area contributed by atoms with Crippen LogP contribution in [0.15, 0.2) is 42.6 Å². The van der Waals surface area contributed by atoms with Crippen molar-refractivity contribution in [3.05, 3.63) is 63.8 Å². The molecule has 3 N–H and O–H groups in total. The highest BCUT2D eigenvalue weighted by Crippen LogP contribution is 2.35. The van der Waals surface area contributed by atoms with Crippen molar-refractivity contribution >= 4 is 40.1 Å². The van der Waals surface area contributed by atoms with Gasteiger partial charge in [0.15, 0.2) is 5.75 Å². The first-order valence-corrected chi connectivity index (χ1v) is 9.76. The summed E-state index contributed by atoms with van der Waals surface area (Å²) < 4.78 is 5.62. The Bertz CT molecular complexity index is 962. The SMILES string of the molecule is CC(C)Oc1c(Cl)cc(CN[C@@H](Cc2c[nH]c3ccccc23)C(=O)O)cc1Cl.